The summed E-state index contributed by atoms with van der Waals surface area (Å²) in [6.07, 6.45) is 0.204. The molecule has 0 saturated carbocycles. The van der Waals surface area contributed by atoms with Crippen LogP contribution in [0.5, 0.6) is 5.75 Å². The molecule has 112 valence electrons. The van der Waals surface area contributed by atoms with Crippen molar-refractivity contribution in [2.75, 3.05) is 0 Å². The van der Waals surface area contributed by atoms with Crippen LogP contribution in [0, 0.1) is 6.92 Å². The minimum Gasteiger partial charge on any atom is -0.491 e. The molecule has 2 nitrogen and oxygen atoms in total. The largest absolute Gasteiger partial charge is 0.491 e. The second-order valence-corrected chi connectivity index (χ2v) is 5.83. The quantitative estimate of drug-likeness (QED) is 0.834. The first-order valence-electron chi connectivity index (χ1n) is 7.60. The van der Waals surface area contributed by atoms with Gasteiger partial charge < -0.3 is 10.1 Å². The first-order valence-corrected chi connectivity index (χ1v) is 7.60. The van der Waals surface area contributed by atoms with Crippen LogP contribution in [0.3, 0.4) is 0 Å². The average molecular weight is 283 g/mol. The zero-order valence-electron chi connectivity index (χ0n) is 13.4. The normalized spacial score (nSPS) is 12.4. The van der Waals surface area contributed by atoms with Gasteiger partial charge in [0.15, 0.2) is 0 Å². The minimum absolute atomic E-state index is 0.204. The van der Waals surface area contributed by atoms with Gasteiger partial charge in [0.1, 0.15) is 5.75 Å². The van der Waals surface area contributed by atoms with E-state index < -0.39 is 0 Å². The minimum atomic E-state index is 0.204. The van der Waals surface area contributed by atoms with Gasteiger partial charge in [-0.3, -0.25) is 0 Å². The van der Waals surface area contributed by atoms with E-state index in [-0.39, 0.29) is 6.10 Å². The maximum atomic E-state index is 5.76. The van der Waals surface area contributed by atoms with Crippen molar-refractivity contribution in [3.8, 4) is 5.75 Å². The smallest absolute Gasteiger partial charge is 0.120 e. The molecule has 0 radical (unpaired) electrons. The zero-order valence-corrected chi connectivity index (χ0v) is 13.4. The fraction of sp³-hybridized carbons (Fsp3) is 0.368. The highest BCUT2D eigenvalue weighted by Gasteiger charge is 2.07. The molecule has 0 aliphatic heterocycles. The highest BCUT2D eigenvalue weighted by atomic mass is 16.5. The molecule has 1 N–H and O–H groups in total. The van der Waals surface area contributed by atoms with Gasteiger partial charge in [0.2, 0.25) is 0 Å². The molecule has 21 heavy (non-hydrogen) atoms. The maximum absolute atomic E-state index is 5.76. The van der Waals surface area contributed by atoms with Gasteiger partial charge in [-0.05, 0) is 51.0 Å². The van der Waals surface area contributed by atoms with Gasteiger partial charge in [-0.25, -0.2) is 0 Å². The fourth-order valence-electron chi connectivity index (χ4n) is 2.34. The lowest BCUT2D eigenvalue weighted by Gasteiger charge is -2.17. The second-order valence-electron chi connectivity index (χ2n) is 5.83. The molecule has 0 spiro atoms. The lowest BCUT2D eigenvalue weighted by molar-refractivity contribution is 0.242. The highest BCUT2D eigenvalue weighted by molar-refractivity contribution is 5.30. The van der Waals surface area contributed by atoms with E-state index in [1.807, 2.05) is 19.9 Å². The summed E-state index contributed by atoms with van der Waals surface area (Å²) in [6.45, 7) is 9.28. The molecule has 0 fully saturated rings. The predicted molar refractivity (Wildman–Crippen MR) is 88.6 cm³/mol. The molecule has 0 aliphatic carbocycles. The third-order valence-corrected chi connectivity index (χ3v) is 3.42. The van der Waals surface area contributed by atoms with Crippen LogP contribution in [-0.4, -0.2) is 6.10 Å². The van der Waals surface area contributed by atoms with E-state index in [1.54, 1.807) is 0 Å². The Bertz CT molecular complexity index is 577. The van der Waals surface area contributed by atoms with Crippen LogP contribution in [0.2, 0.25) is 0 Å². The summed E-state index contributed by atoms with van der Waals surface area (Å²) in [5.41, 5.74) is 3.87. The number of hydrogen-bond acceptors (Lipinski definition) is 2. The Morgan fingerprint density at radius 1 is 1.00 bits per heavy atom. The van der Waals surface area contributed by atoms with E-state index in [1.165, 1.54) is 16.7 Å². The summed E-state index contributed by atoms with van der Waals surface area (Å²) < 4.78 is 5.76. The maximum Gasteiger partial charge on any atom is 0.120 e. The molecule has 0 aromatic heterocycles. The van der Waals surface area contributed by atoms with Crippen LogP contribution in [0.25, 0.3) is 0 Å². The second kappa shape index (κ2) is 7.28. The van der Waals surface area contributed by atoms with Crippen LogP contribution >= 0.6 is 0 Å². The number of benzene rings is 2. The van der Waals surface area contributed by atoms with Crippen LogP contribution < -0.4 is 10.1 Å². The topological polar surface area (TPSA) is 21.3 Å². The Morgan fingerprint density at radius 3 is 2.48 bits per heavy atom. The van der Waals surface area contributed by atoms with E-state index in [0.29, 0.717) is 6.04 Å². The third-order valence-electron chi connectivity index (χ3n) is 3.42. The summed E-state index contributed by atoms with van der Waals surface area (Å²) in [6, 6.07) is 17.2. The van der Waals surface area contributed by atoms with Crippen LogP contribution in [0.4, 0.5) is 0 Å². The lowest BCUT2D eigenvalue weighted by Crippen LogP contribution is -2.18. The standard InChI is InChI=1S/C19H25NO/c1-14(2)21-19-10-6-9-18(12-19)16(4)20-13-17-8-5-7-15(3)11-17/h5-12,14,16,20H,13H2,1-4H3. The molecule has 1 unspecified atom stereocenters. The van der Waals surface area contributed by atoms with Gasteiger partial charge >= 0.3 is 0 Å². The van der Waals surface area contributed by atoms with Crippen molar-refractivity contribution in [1.82, 2.24) is 5.32 Å². The zero-order chi connectivity index (χ0) is 15.2. The van der Waals surface area contributed by atoms with Crippen molar-refractivity contribution in [1.29, 1.82) is 0 Å². The van der Waals surface area contributed by atoms with E-state index >= 15 is 0 Å². The molecule has 0 bridgehead atoms. The van der Waals surface area contributed by atoms with Gasteiger partial charge in [-0.2, -0.15) is 0 Å². The molecule has 0 saturated heterocycles. The summed E-state index contributed by atoms with van der Waals surface area (Å²) in [5.74, 6) is 0.937. The Balaban J connectivity index is 1.98. The Labute approximate surface area is 128 Å². The third kappa shape index (κ3) is 4.91. The first-order chi connectivity index (χ1) is 10.0. The Hall–Kier alpha value is -1.80. The van der Waals surface area contributed by atoms with Gasteiger partial charge in [0.25, 0.3) is 0 Å². The van der Waals surface area contributed by atoms with Crippen molar-refractivity contribution in [2.45, 2.75) is 46.4 Å². The van der Waals surface area contributed by atoms with Crippen LogP contribution in [0.15, 0.2) is 48.5 Å². The summed E-state index contributed by atoms with van der Waals surface area (Å²) in [4.78, 5) is 0. The first kappa shape index (κ1) is 15.6. The molecule has 1 atom stereocenters. The van der Waals surface area contributed by atoms with Crippen LogP contribution in [-0.2, 0) is 6.54 Å². The van der Waals surface area contributed by atoms with Gasteiger partial charge in [-0.15, -0.1) is 0 Å². The van der Waals surface area contributed by atoms with Gasteiger partial charge in [0.05, 0.1) is 6.10 Å². The molecule has 2 aromatic rings. The molecule has 2 rings (SSSR count). The summed E-state index contributed by atoms with van der Waals surface area (Å²) >= 11 is 0. The van der Waals surface area contributed by atoms with Crippen molar-refractivity contribution in [3.05, 3.63) is 65.2 Å². The fourth-order valence-corrected chi connectivity index (χ4v) is 2.34. The average Bonchev–Trinajstić information content (AvgIpc) is 2.44. The van der Waals surface area contributed by atoms with Crippen molar-refractivity contribution in [3.63, 3.8) is 0 Å². The van der Waals surface area contributed by atoms with Gasteiger partial charge in [-0.1, -0.05) is 42.0 Å². The Morgan fingerprint density at radius 2 is 1.76 bits per heavy atom. The number of aryl methyl sites for hydroxylation is 1. The summed E-state index contributed by atoms with van der Waals surface area (Å²) in [7, 11) is 0. The predicted octanol–water partition coefficient (Wildman–Crippen LogP) is 4.63. The number of hydrogen-bond donors (Lipinski definition) is 1. The number of ether oxygens (including phenoxy) is 1. The molecular formula is C19H25NO. The van der Waals surface area contributed by atoms with Crippen molar-refractivity contribution < 1.29 is 4.74 Å². The van der Waals surface area contributed by atoms with Crippen LogP contribution in [0.1, 0.15) is 43.5 Å². The SMILES string of the molecule is Cc1cccc(CNC(C)c2cccc(OC(C)C)c2)c1. The van der Waals surface area contributed by atoms with Gasteiger partial charge in [0, 0.05) is 12.6 Å². The molecule has 2 heteroatoms. The number of nitrogens with one attached hydrogen (secondary N) is 1. The Kier molecular flexibility index (Phi) is 5.40. The molecule has 0 aliphatic rings. The molecule has 0 amide bonds. The summed E-state index contributed by atoms with van der Waals surface area (Å²) in [5, 5.41) is 3.57. The lowest BCUT2D eigenvalue weighted by atomic mass is 10.1. The van der Waals surface area contributed by atoms with Crippen molar-refractivity contribution in [2.24, 2.45) is 0 Å². The molecular weight excluding hydrogens is 258 g/mol. The molecule has 0 heterocycles. The van der Waals surface area contributed by atoms with Crippen molar-refractivity contribution >= 4 is 0 Å². The monoisotopic (exact) mass is 283 g/mol. The molecule has 2 aromatic carbocycles. The number of rotatable bonds is 6. The van der Waals surface area contributed by atoms with E-state index in [0.717, 1.165) is 12.3 Å². The van der Waals surface area contributed by atoms with E-state index in [2.05, 4.69) is 61.6 Å². The highest BCUT2D eigenvalue weighted by Crippen LogP contribution is 2.20. The van der Waals surface area contributed by atoms with E-state index in [9.17, 15) is 0 Å². The van der Waals surface area contributed by atoms with E-state index in [4.69, 9.17) is 4.74 Å².